The van der Waals surface area contributed by atoms with Crippen molar-refractivity contribution in [1.82, 2.24) is 5.32 Å². The first-order chi connectivity index (χ1) is 8.19. The molecule has 2 nitrogen and oxygen atoms in total. The zero-order valence-corrected chi connectivity index (χ0v) is 10.6. The van der Waals surface area contributed by atoms with E-state index in [0.29, 0.717) is 16.7 Å². The molecule has 1 aliphatic rings. The molecule has 0 saturated carbocycles. The molecule has 1 aromatic rings. The minimum Gasteiger partial charge on any atom is -0.490 e. The van der Waals surface area contributed by atoms with E-state index in [4.69, 9.17) is 16.3 Å². The highest BCUT2D eigenvalue weighted by Crippen LogP contribution is 2.25. The van der Waals surface area contributed by atoms with Crippen LogP contribution in [0.15, 0.2) is 18.2 Å². The molecule has 1 aliphatic heterocycles. The summed E-state index contributed by atoms with van der Waals surface area (Å²) in [7, 11) is 0. The maximum atomic E-state index is 13.2. The Labute approximate surface area is 106 Å². The fourth-order valence-corrected chi connectivity index (χ4v) is 2.49. The highest BCUT2D eigenvalue weighted by Gasteiger charge is 2.25. The Kier molecular flexibility index (Phi) is 4.24. The molecule has 0 bridgehead atoms. The number of nitrogens with one attached hydrogen (secondary N) is 1. The zero-order valence-electron chi connectivity index (χ0n) is 9.88. The van der Waals surface area contributed by atoms with Crippen LogP contribution < -0.4 is 10.1 Å². The quantitative estimate of drug-likeness (QED) is 0.894. The average Bonchev–Trinajstić information content (AvgIpc) is 2.77. The Bertz CT molecular complexity index is 359. The van der Waals surface area contributed by atoms with Gasteiger partial charge in [-0.2, -0.15) is 0 Å². The largest absolute Gasteiger partial charge is 0.490 e. The second-order valence-corrected chi connectivity index (χ2v) is 4.86. The summed E-state index contributed by atoms with van der Waals surface area (Å²) in [6, 6.07) is 4.33. The molecule has 0 aromatic heterocycles. The van der Waals surface area contributed by atoms with Crippen LogP contribution in [0.3, 0.4) is 0 Å². The number of hydrogen-bond acceptors (Lipinski definition) is 2. The smallest absolute Gasteiger partial charge is 0.128 e. The molecule has 1 heterocycles. The van der Waals surface area contributed by atoms with Crippen molar-refractivity contribution in [2.45, 2.75) is 25.9 Å². The van der Waals surface area contributed by atoms with Gasteiger partial charge in [-0.05, 0) is 31.5 Å². The van der Waals surface area contributed by atoms with Gasteiger partial charge < -0.3 is 10.1 Å². The molecule has 17 heavy (non-hydrogen) atoms. The Morgan fingerprint density at radius 3 is 2.94 bits per heavy atom. The van der Waals surface area contributed by atoms with Gasteiger partial charge in [0.05, 0.1) is 0 Å². The molecule has 1 fully saturated rings. The molecule has 0 aliphatic carbocycles. The number of hydrogen-bond donors (Lipinski definition) is 1. The van der Waals surface area contributed by atoms with Crippen molar-refractivity contribution in [3.63, 3.8) is 0 Å². The molecule has 0 amide bonds. The van der Waals surface area contributed by atoms with Crippen LogP contribution in [-0.4, -0.2) is 19.2 Å². The molecule has 0 spiro atoms. The summed E-state index contributed by atoms with van der Waals surface area (Å²) in [5.41, 5.74) is 0. The molecule has 1 unspecified atom stereocenters. The lowest BCUT2D eigenvalue weighted by molar-refractivity contribution is 0.138. The van der Waals surface area contributed by atoms with Crippen LogP contribution in [0, 0.1) is 11.7 Å². The first-order valence-electron chi connectivity index (χ1n) is 6.02. The normalized spacial score (nSPS) is 21.5. The van der Waals surface area contributed by atoms with Crippen molar-refractivity contribution in [2.24, 2.45) is 5.92 Å². The lowest BCUT2D eigenvalue weighted by Crippen LogP contribution is -2.28. The van der Waals surface area contributed by atoms with Gasteiger partial charge in [0.15, 0.2) is 0 Å². The summed E-state index contributed by atoms with van der Waals surface area (Å²) < 4.78 is 19.0. The summed E-state index contributed by atoms with van der Waals surface area (Å²) in [5, 5.41) is 3.69. The van der Waals surface area contributed by atoms with Crippen LogP contribution >= 0.6 is 11.6 Å². The molecule has 1 N–H and O–H groups in total. The SMILES string of the molecule is CC[C@H](Oc1cc(F)cc(Cl)c1)C1CCNC1. The number of rotatable bonds is 4. The van der Waals surface area contributed by atoms with Crippen molar-refractivity contribution in [3.8, 4) is 5.75 Å². The summed E-state index contributed by atoms with van der Waals surface area (Å²) in [4.78, 5) is 0. The van der Waals surface area contributed by atoms with Gasteiger partial charge >= 0.3 is 0 Å². The molecule has 4 heteroatoms. The summed E-state index contributed by atoms with van der Waals surface area (Å²) >= 11 is 5.80. The molecule has 1 aromatic carbocycles. The highest BCUT2D eigenvalue weighted by atomic mass is 35.5. The third-order valence-electron chi connectivity index (χ3n) is 3.15. The molecule has 94 valence electrons. The molecule has 1 saturated heterocycles. The first-order valence-corrected chi connectivity index (χ1v) is 6.40. The van der Waals surface area contributed by atoms with Gasteiger partial charge in [-0.15, -0.1) is 0 Å². The summed E-state index contributed by atoms with van der Waals surface area (Å²) in [5.74, 6) is 0.669. The van der Waals surface area contributed by atoms with E-state index in [-0.39, 0.29) is 11.9 Å². The Balaban J connectivity index is 2.06. The van der Waals surface area contributed by atoms with Gasteiger partial charge in [0.2, 0.25) is 0 Å². The molecular formula is C13H17ClFNO. The van der Waals surface area contributed by atoms with Gasteiger partial charge in [0, 0.05) is 23.6 Å². The Morgan fingerprint density at radius 2 is 2.35 bits per heavy atom. The average molecular weight is 258 g/mol. The zero-order chi connectivity index (χ0) is 12.3. The third kappa shape index (κ3) is 3.33. The van der Waals surface area contributed by atoms with Gasteiger partial charge in [0.25, 0.3) is 0 Å². The van der Waals surface area contributed by atoms with Crippen LogP contribution in [0.25, 0.3) is 0 Å². The Hall–Kier alpha value is -0.800. The number of ether oxygens (including phenoxy) is 1. The van der Waals surface area contributed by atoms with Crippen molar-refractivity contribution in [3.05, 3.63) is 29.0 Å². The van der Waals surface area contributed by atoms with Crippen molar-refractivity contribution >= 4 is 11.6 Å². The highest BCUT2D eigenvalue weighted by molar-refractivity contribution is 6.30. The topological polar surface area (TPSA) is 21.3 Å². The number of halogens is 2. The minimum atomic E-state index is -0.355. The van der Waals surface area contributed by atoms with Crippen molar-refractivity contribution in [2.75, 3.05) is 13.1 Å². The van der Waals surface area contributed by atoms with Gasteiger partial charge in [0.1, 0.15) is 17.7 Å². The second kappa shape index (κ2) is 5.69. The van der Waals surface area contributed by atoms with Crippen LogP contribution in [0.5, 0.6) is 5.75 Å². The monoisotopic (exact) mass is 257 g/mol. The van der Waals surface area contributed by atoms with Crippen molar-refractivity contribution < 1.29 is 9.13 Å². The molecular weight excluding hydrogens is 241 g/mol. The first kappa shape index (κ1) is 12.7. The van der Waals surface area contributed by atoms with E-state index >= 15 is 0 Å². The standard InChI is InChI=1S/C13H17ClFNO/c1-2-13(9-3-4-16-8-9)17-12-6-10(14)5-11(15)7-12/h5-7,9,13,16H,2-4,8H2,1H3/t9?,13-/m0/s1. The Morgan fingerprint density at radius 1 is 1.53 bits per heavy atom. The van der Waals surface area contributed by atoms with E-state index in [9.17, 15) is 4.39 Å². The lowest BCUT2D eigenvalue weighted by atomic mass is 9.99. The summed E-state index contributed by atoms with van der Waals surface area (Å²) in [6.07, 6.45) is 2.16. The lowest BCUT2D eigenvalue weighted by Gasteiger charge is -2.23. The predicted molar refractivity (Wildman–Crippen MR) is 67.1 cm³/mol. The fourth-order valence-electron chi connectivity index (χ4n) is 2.28. The van der Waals surface area contributed by atoms with Gasteiger partial charge in [-0.25, -0.2) is 4.39 Å². The maximum absolute atomic E-state index is 13.2. The number of benzene rings is 1. The van der Waals surface area contributed by atoms with Crippen LogP contribution in [-0.2, 0) is 0 Å². The van der Waals surface area contributed by atoms with E-state index in [1.807, 2.05) is 0 Å². The van der Waals surface area contributed by atoms with Crippen LogP contribution in [0.2, 0.25) is 5.02 Å². The van der Waals surface area contributed by atoms with Crippen LogP contribution in [0.4, 0.5) is 4.39 Å². The van der Waals surface area contributed by atoms with E-state index in [1.165, 1.54) is 12.1 Å². The van der Waals surface area contributed by atoms with Gasteiger partial charge in [-0.3, -0.25) is 0 Å². The van der Waals surface area contributed by atoms with E-state index in [0.717, 1.165) is 25.9 Å². The maximum Gasteiger partial charge on any atom is 0.128 e. The van der Waals surface area contributed by atoms with Crippen LogP contribution in [0.1, 0.15) is 19.8 Å². The van der Waals surface area contributed by atoms with E-state index in [2.05, 4.69) is 12.2 Å². The third-order valence-corrected chi connectivity index (χ3v) is 3.37. The second-order valence-electron chi connectivity index (χ2n) is 4.42. The van der Waals surface area contributed by atoms with Gasteiger partial charge in [-0.1, -0.05) is 18.5 Å². The van der Waals surface area contributed by atoms with Crippen molar-refractivity contribution in [1.29, 1.82) is 0 Å². The summed E-state index contributed by atoms with van der Waals surface area (Å²) in [6.45, 7) is 4.10. The van der Waals surface area contributed by atoms with E-state index in [1.54, 1.807) is 6.07 Å². The molecule has 2 rings (SSSR count). The predicted octanol–water partition coefficient (Wildman–Crippen LogP) is 3.25. The van der Waals surface area contributed by atoms with E-state index < -0.39 is 0 Å². The minimum absolute atomic E-state index is 0.128. The molecule has 0 radical (unpaired) electrons. The molecule has 2 atom stereocenters. The fraction of sp³-hybridized carbons (Fsp3) is 0.538.